The van der Waals surface area contributed by atoms with Crippen molar-refractivity contribution in [3.8, 4) is 0 Å². The molecule has 0 unspecified atom stereocenters. The third kappa shape index (κ3) is 10.7. The summed E-state index contributed by atoms with van der Waals surface area (Å²) in [6.07, 6.45) is -10.5. The molecule has 2 aromatic rings. The number of esters is 4. The monoisotopic (exact) mass is 1030 g/mol. The maximum absolute atomic E-state index is 15.9. The van der Waals surface area contributed by atoms with Crippen LogP contribution in [0.1, 0.15) is 95.6 Å². The minimum atomic E-state index is -2.39. The third-order valence-electron chi connectivity index (χ3n) is 14.1. The van der Waals surface area contributed by atoms with Gasteiger partial charge in [0, 0.05) is 43.9 Å². The molecule has 3 N–H and O–H groups in total. The van der Waals surface area contributed by atoms with Gasteiger partial charge < -0.3 is 53.4 Å². The largest absolute Gasteiger partial charge is 0.508 e. The van der Waals surface area contributed by atoms with Crippen LogP contribution < -0.4 is 5.23 Å². The van der Waals surface area contributed by atoms with Crippen molar-refractivity contribution in [2.45, 2.75) is 125 Å². The quantitative estimate of drug-likeness (QED) is 0.0426. The predicted octanol–water partition coefficient (Wildman–Crippen LogP) is 5.75. The van der Waals surface area contributed by atoms with Crippen molar-refractivity contribution in [3.63, 3.8) is 0 Å². The van der Waals surface area contributed by atoms with Crippen LogP contribution in [0, 0.1) is 22.7 Å². The Kier molecular flexibility index (Phi) is 16.6. The molecule has 0 spiro atoms. The highest BCUT2D eigenvalue weighted by Gasteiger charge is 2.78. The molecule has 1 saturated heterocycles. The molecule has 18 nitrogen and oxygen atoms in total. The van der Waals surface area contributed by atoms with Crippen LogP contribution in [0.15, 0.2) is 71.8 Å². The zero-order chi connectivity index (χ0) is 51.6. The fraction of sp³-hybridized carbons (Fsp3) is 0.542. The number of halogens is 3. The van der Waals surface area contributed by atoms with Crippen molar-refractivity contribution in [1.29, 1.82) is 0 Å². The molecule has 377 valence electrons. The molecule has 70 heavy (non-hydrogen) atoms. The number of aliphatic hydroxyl groups is 1. The van der Waals surface area contributed by atoms with Crippen molar-refractivity contribution < 1.29 is 81.7 Å². The van der Waals surface area contributed by atoms with E-state index in [1.807, 2.05) is 0 Å². The van der Waals surface area contributed by atoms with Gasteiger partial charge in [-0.15, -0.1) is 0 Å². The van der Waals surface area contributed by atoms with E-state index in [0.717, 1.165) is 14.3 Å². The average Bonchev–Trinajstić information content (AvgIpc) is 3.29. The summed E-state index contributed by atoms with van der Waals surface area (Å²) in [5.41, 5.74) is -6.87. The molecule has 22 heteroatoms. The van der Waals surface area contributed by atoms with E-state index in [2.05, 4.69) is 5.23 Å². The zero-order valence-corrected chi connectivity index (χ0v) is 41.4. The summed E-state index contributed by atoms with van der Waals surface area (Å²) in [6.45, 7) is 7.89. The molecule has 2 bridgehead atoms. The lowest BCUT2D eigenvalue weighted by molar-refractivity contribution is -0.345. The topological polar surface area (TPSA) is 254 Å². The Balaban J connectivity index is 1.54. The molecule has 2 saturated carbocycles. The van der Waals surface area contributed by atoms with Gasteiger partial charge in [0.1, 0.15) is 42.4 Å². The second-order valence-corrected chi connectivity index (χ2v) is 21.2. The van der Waals surface area contributed by atoms with Gasteiger partial charge in [-0.1, -0.05) is 104 Å². The van der Waals surface area contributed by atoms with E-state index < -0.39 is 135 Å². The first-order chi connectivity index (χ1) is 32.8. The maximum Gasteiger partial charge on any atom is 0.508 e. The Morgan fingerprint density at radius 3 is 2.19 bits per heavy atom. The van der Waals surface area contributed by atoms with Gasteiger partial charge in [-0.2, -0.15) is 0 Å². The lowest BCUT2D eigenvalue weighted by Gasteiger charge is -2.67. The lowest BCUT2D eigenvalue weighted by atomic mass is 9.43. The SMILES string of the molecule is CC(=O)O[C@@]12CO[C@@H]1C[C@H](OC(=O)OCC(Cl)(Cl)Cl)[C@@]1(C)C(=O)[C@H](C)C3=C(C)[C@@H](OC(=O)[C@H](OC(=O)CCCC(=O)O)[C@@H](N[B]C=O)c4ccccc4)C[C@@](O)([C@@H](OC(=O)c4ccccc4)[C@H]21)C3(C)C. The van der Waals surface area contributed by atoms with Crippen LogP contribution in [-0.2, 0) is 61.9 Å². The van der Waals surface area contributed by atoms with Gasteiger partial charge in [0.2, 0.25) is 9.90 Å². The van der Waals surface area contributed by atoms with Crippen molar-refractivity contribution >= 4 is 90.2 Å². The van der Waals surface area contributed by atoms with E-state index in [1.54, 1.807) is 76.2 Å². The highest BCUT2D eigenvalue weighted by molar-refractivity contribution is 6.67. The molecule has 11 atom stereocenters. The van der Waals surface area contributed by atoms with Gasteiger partial charge in [0.05, 0.1) is 35.7 Å². The van der Waals surface area contributed by atoms with E-state index in [9.17, 15) is 43.8 Å². The Bertz CT molecular complexity index is 2380. The number of benzene rings is 2. The minimum absolute atomic E-state index is 0.0273. The highest BCUT2D eigenvalue weighted by atomic mass is 35.6. The van der Waals surface area contributed by atoms with Crippen LogP contribution in [0.5, 0.6) is 0 Å². The number of alkyl halides is 3. The van der Waals surface area contributed by atoms with E-state index in [-0.39, 0.29) is 42.6 Å². The fourth-order valence-electron chi connectivity index (χ4n) is 10.9. The molecule has 4 aliphatic rings. The molecule has 1 radical (unpaired) electrons. The first kappa shape index (κ1) is 54.3. The summed E-state index contributed by atoms with van der Waals surface area (Å²) in [6, 6.07) is 14.6. The number of fused-ring (bicyclic) bond motifs is 5. The molecule has 6 rings (SSSR count). The van der Waals surface area contributed by atoms with Crippen molar-refractivity contribution in [1.82, 2.24) is 5.23 Å². The van der Waals surface area contributed by atoms with E-state index in [0.29, 0.717) is 11.7 Å². The van der Waals surface area contributed by atoms with Gasteiger partial charge >= 0.3 is 36.0 Å². The molecular weight excluding hydrogens is 980 g/mol. The fourth-order valence-corrected chi connectivity index (χ4v) is 11.1. The second-order valence-electron chi connectivity index (χ2n) is 18.7. The van der Waals surface area contributed by atoms with E-state index in [4.69, 9.17) is 68.0 Å². The Morgan fingerprint density at radius 1 is 0.971 bits per heavy atom. The molecule has 1 aliphatic heterocycles. The number of hydrogen-bond donors (Lipinski definition) is 3. The predicted molar refractivity (Wildman–Crippen MR) is 249 cm³/mol. The highest BCUT2D eigenvalue weighted by Crippen LogP contribution is 2.65. The normalized spacial score (nSPS) is 29.7. The smallest absolute Gasteiger partial charge is 0.481 e. The molecule has 3 fully saturated rings. The zero-order valence-electron chi connectivity index (χ0n) is 39.1. The van der Waals surface area contributed by atoms with E-state index in [1.165, 1.54) is 19.1 Å². The first-order valence-electron chi connectivity index (χ1n) is 22.5. The first-order valence-corrected chi connectivity index (χ1v) is 23.6. The van der Waals surface area contributed by atoms with Gasteiger partial charge in [-0.25, -0.2) is 14.4 Å². The van der Waals surface area contributed by atoms with Gasteiger partial charge in [-0.05, 0) is 49.1 Å². The number of carbonyl (C=O) groups excluding carboxylic acids is 7. The van der Waals surface area contributed by atoms with Gasteiger partial charge in [0.15, 0.2) is 5.60 Å². The van der Waals surface area contributed by atoms with Gasteiger partial charge in [-0.3, -0.25) is 19.2 Å². The van der Waals surface area contributed by atoms with Crippen LogP contribution >= 0.6 is 34.8 Å². The summed E-state index contributed by atoms with van der Waals surface area (Å²) in [4.78, 5) is 108. The van der Waals surface area contributed by atoms with Crippen molar-refractivity contribution in [2.75, 3.05) is 13.2 Å². The number of nitrogens with one attached hydrogen (secondary N) is 1. The number of hydrogen-bond acceptors (Lipinski definition) is 17. The number of carbonyl (C=O) groups is 8. The molecule has 3 aliphatic carbocycles. The Hall–Kier alpha value is -5.05. The molecular formula is C48H54BCl3NO17. The lowest BCUT2D eigenvalue weighted by Crippen LogP contribution is -2.81. The number of carboxylic acid groups (broad SMARTS) is 1. The molecule has 0 amide bonds. The van der Waals surface area contributed by atoms with Crippen molar-refractivity contribution in [2.24, 2.45) is 22.7 Å². The summed E-state index contributed by atoms with van der Waals surface area (Å²) in [5, 5.41) is 25.9. The van der Waals surface area contributed by atoms with Crippen LogP contribution in [0.2, 0.25) is 0 Å². The number of Topliss-reactive ketones (excluding diaryl/α,β-unsaturated/α-hetero) is 1. The van der Waals surface area contributed by atoms with Crippen LogP contribution in [0.25, 0.3) is 0 Å². The number of ketones is 1. The standard InChI is InChI=1S/C48H54BCl3NO17/c1-25-30(66-42(61)37(68-34(58)19-13-18-33(56)57)36(53-49-24-54)28-14-9-7-10-15-28)21-47(63)40(69-41(60)29-16-11-8-12-17-29)38-45(6,39(59)26(2)35(25)44(47,4)5)31(67-43(62)65-23-48(50,51)52)20-32-46(38,22-64-32)70-27(3)55/h7-12,14-17,24,26,30-32,36-38,40,53,63H,13,18-23H2,1-6H3,(H,56,57)/t26-,30+,31+,32-,36+,37-,38+,40+,45-,46+,47-/m1/s1. The number of aliphatic carboxylic acids is 1. The molecule has 1 heterocycles. The second kappa shape index (κ2) is 21.4. The Labute approximate surface area is 419 Å². The number of carboxylic acids is 1. The summed E-state index contributed by atoms with van der Waals surface area (Å²) >= 11 is 17.6. The molecule has 2 aromatic carbocycles. The Morgan fingerprint density at radius 2 is 1.61 bits per heavy atom. The maximum atomic E-state index is 15.9. The summed E-state index contributed by atoms with van der Waals surface area (Å²) in [5.74, 6) is -8.54. The van der Waals surface area contributed by atoms with Crippen LogP contribution in [-0.4, -0.2) is 124 Å². The average molecular weight is 1030 g/mol. The van der Waals surface area contributed by atoms with Crippen molar-refractivity contribution in [3.05, 3.63) is 82.9 Å². The number of rotatable bonds is 17. The minimum Gasteiger partial charge on any atom is -0.481 e. The van der Waals surface area contributed by atoms with Gasteiger partial charge in [0.25, 0.3) is 7.41 Å². The summed E-state index contributed by atoms with van der Waals surface area (Å²) in [7, 11) is 0.988. The van der Waals surface area contributed by atoms with Crippen LogP contribution in [0.4, 0.5) is 4.79 Å². The van der Waals surface area contributed by atoms with Crippen LogP contribution in [0.3, 0.4) is 0 Å². The third-order valence-corrected chi connectivity index (χ3v) is 14.4. The summed E-state index contributed by atoms with van der Waals surface area (Å²) < 4.78 is 39.7. The van der Waals surface area contributed by atoms with E-state index >= 15 is 4.79 Å². The molecule has 0 aromatic heterocycles. The number of ether oxygens (including phenoxy) is 7.